The lowest BCUT2D eigenvalue weighted by molar-refractivity contribution is 0.404. The van der Waals surface area contributed by atoms with E-state index in [1.807, 2.05) is 0 Å². The van der Waals surface area contributed by atoms with Gasteiger partial charge in [0.1, 0.15) is 5.75 Å². The topological polar surface area (TPSA) is 35.2 Å². The van der Waals surface area contributed by atoms with E-state index in [0.29, 0.717) is 6.54 Å². The first-order valence-corrected chi connectivity index (χ1v) is 7.46. The van der Waals surface area contributed by atoms with Crippen molar-refractivity contribution in [2.75, 3.05) is 13.7 Å². The Kier molecular flexibility index (Phi) is 5.03. The molecule has 2 aromatic rings. The van der Waals surface area contributed by atoms with Gasteiger partial charge in [-0.3, -0.25) is 0 Å². The molecule has 0 aliphatic rings. The molecule has 0 aromatic heterocycles. The summed E-state index contributed by atoms with van der Waals surface area (Å²) in [5.41, 5.74) is 12.4. The summed E-state index contributed by atoms with van der Waals surface area (Å²) in [6.07, 6.45) is 0.940. The Bertz CT molecular complexity index is 602. The molecular weight excluding hydrogens is 258 g/mol. The van der Waals surface area contributed by atoms with E-state index in [4.69, 9.17) is 10.5 Å². The molecule has 0 saturated heterocycles. The molecule has 2 heteroatoms. The van der Waals surface area contributed by atoms with Crippen molar-refractivity contribution in [1.29, 1.82) is 0 Å². The van der Waals surface area contributed by atoms with E-state index >= 15 is 0 Å². The number of ether oxygens (including phenoxy) is 1. The average Bonchev–Trinajstić information content (AvgIpc) is 2.49. The third-order valence-corrected chi connectivity index (χ3v) is 4.17. The second kappa shape index (κ2) is 6.77. The largest absolute Gasteiger partial charge is 0.496 e. The van der Waals surface area contributed by atoms with Crippen molar-refractivity contribution in [2.24, 2.45) is 5.73 Å². The summed E-state index contributed by atoms with van der Waals surface area (Å²) in [4.78, 5) is 0. The van der Waals surface area contributed by atoms with Crippen molar-refractivity contribution < 1.29 is 4.74 Å². The first kappa shape index (κ1) is 15.6. The number of rotatable bonds is 5. The molecule has 0 aliphatic heterocycles. The summed E-state index contributed by atoms with van der Waals surface area (Å²) in [6, 6.07) is 13.0. The van der Waals surface area contributed by atoms with Crippen LogP contribution in [-0.2, 0) is 6.42 Å². The van der Waals surface area contributed by atoms with Crippen molar-refractivity contribution in [2.45, 2.75) is 33.1 Å². The Balaban J connectivity index is 2.32. The van der Waals surface area contributed by atoms with Gasteiger partial charge in [0.2, 0.25) is 0 Å². The smallest absolute Gasteiger partial charge is 0.122 e. The molecule has 0 spiro atoms. The number of benzene rings is 2. The number of methoxy groups -OCH3 is 1. The first-order valence-electron chi connectivity index (χ1n) is 7.46. The SMILES string of the molecule is COc1cc(C)c(C)cc1C(CN)Cc1ccc(C)cc1. The van der Waals surface area contributed by atoms with Crippen molar-refractivity contribution in [1.82, 2.24) is 0 Å². The molecule has 2 N–H and O–H groups in total. The number of hydrogen-bond donors (Lipinski definition) is 1. The molecule has 0 saturated carbocycles. The molecule has 1 atom stereocenters. The van der Waals surface area contributed by atoms with Crippen LogP contribution in [-0.4, -0.2) is 13.7 Å². The van der Waals surface area contributed by atoms with Crippen molar-refractivity contribution >= 4 is 0 Å². The van der Waals surface area contributed by atoms with Crippen LogP contribution in [0.1, 0.15) is 33.7 Å². The highest BCUT2D eigenvalue weighted by Crippen LogP contribution is 2.31. The average molecular weight is 283 g/mol. The molecular formula is C19H25NO. The van der Waals surface area contributed by atoms with Gasteiger partial charge in [0, 0.05) is 5.92 Å². The van der Waals surface area contributed by atoms with Crippen LogP contribution in [0.5, 0.6) is 5.75 Å². The number of nitrogens with two attached hydrogens (primary N) is 1. The van der Waals surface area contributed by atoms with Gasteiger partial charge >= 0.3 is 0 Å². The van der Waals surface area contributed by atoms with E-state index in [1.165, 1.54) is 27.8 Å². The van der Waals surface area contributed by atoms with Crippen LogP contribution in [0.25, 0.3) is 0 Å². The third kappa shape index (κ3) is 3.64. The lowest BCUT2D eigenvalue weighted by Crippen LogP contribution is -2.16. The van der Waals surface area contributed by atoms with Crippen LogP contribution in [0.3, 0.4) is 0 Å². The number of hydrogen-bond acceptors (Lipinski definition) is 2. The van der Waals surface area contributed by atoms with Gasteiger partial charge in [0.25, 0.3) is 0 Å². The summed E-state index contributed by atoms with van der Waals surface area (Å²) in [7, 11) is 1.73. The molecule has 0 heterocycles. The molecule has 112 valence electrons. The van der Waals surface area contributed by atoms with Crippen molar-refractivity contribution in [3.63, 3.8) is 0 Å². The van der Waals surface area contributed by atoms with E-state index < -0.39 is 0 Å². The van der Waals surface area contributed by atoms with Gasteiger partial charge in [-0.15, -0.1) is 0 Å². The fourth-order valence-electron chi connectivity index (χ4n) is 2.64. The quantitative estimate of drug-likeness (QED) is 0.903. The Morgan fingerprint density at radius 2 is 1.62 bits per heavy atom. The van der Waals surface area contributed by atoms with Crippen LogP contribution < -0.4 is 10.5 Å². The molecule has 0 amide bonds. The molecule has 21 heavy (non-hydrogen) atoms. The molecule has 2 rings (SSSR count). The minimum atomic E-state index is 0.280. The van der Waals surface area contributed by atoms with E-state index in [-0.39, 0.29) is 5.92 Å². The van der Waals surface area contributed by atoms with Gasteiger partial charge in [-0.1, -0.05) is 35.9 Å². The van der Waals surface area contributed by atoms with Crippen LogP contribution >= 0.6 is 0 Å². The van der Waals surface area contributed by atoms with Crippen molar-refractivity contribution in [3.05, 3.63) is 64.2 Å². The molecule has 0 fully saturated rings. The highest BCUT2D eigenvalue weighted by Gasteiger charge is 2.16. The highest BCUT2D eigenvalue weighted by molar-refractivity contribution is 5.44. The second-order valence-corrected chi connectivity index (χ2v) is 5.80. The minimum Gasteiger partial charge on any atom is -0.496 e. The maximum absolute atomic E-state index is 6.04. The summed E-state index contributed by atoms with van der Waals surface area (Å²) in [6.45, 7) is 6.97. The fraction of sp³-hybridized carbons (Fsp3) is 0.368. The molecule has 0 bridgehead atoms. The second-order valence-electron chi connectivity index (χ2n) is 5.80. The minimum absolute atomic E-state index is 0.280. The predicted molar refractivity (Wildman–Crippen MR) is 89.1 cm³/mol. The zero-order chi connectivity index (χ0) is 15.4. The van der Waals surface area contributed by atoms with E-state index in [1.54, 1.807) is 7.11 Å². The van der Waals surface area contributed by atoms with Crippen LogP contribution in [0.4, 0.5) is 0 Å². The first-order chi connectivity index (χ1) is 10.0. The molecule has 2 nitrogen and oxygen atoms in total. The maximum Gasteiger partial charge on any atom is 0.122 e. The molecule has 1 unspecified atom stereocenters. The van der Waals surface area contributed by atoms with Gasteiger partial charge in [-0.05, 0) is 62.1 Å². The number of aryl methyl sites for hydroxylation is 3. The Labute approximate surface area is 127 Å². The zero-order valence-corrected chi connectivity index (χ0v) is 13.4. The van der Waals surface area contributed by atoms with E-state index in [0.717, 1.165) is 12.2 Å². The zero-order valence-electron chi connectivity index (χ0n) is 13.4. The van der Waals surface area contributed by atoms with Crippen molar-refractivity contribution in [3.8, 4) is 5.75 Å². The van der Waals surface area contributed by atoms with Crippen LogP contribution in [0.2, 0.25) is 0 Å². The van der Waals surface area contributed by atoms with E-state index in [2.05, 4.69) is 57.2 Å². The lowest BCUT2D eigenvalue weighted by Gasteiger charge is -2.20. The van der Waals surface area contributed by atoms with Gasteiger partial charge < -0.3 is 10.5 Å². The van der Waals surface area contributed by atoms with Crippen LogP contribution in [0, 0.1) is 20.8 Å². The van der Waals surface area contributed by atoms with Gasteiger partial charge in [-0.25, -0.2) is 0 Å². The summed E-state index contributed by atoms with van der Waals surface area (Å²) >= 11 is 0. The monoisotopic (exact) mass is 283 g/mol. The standard InChI is InChI=1S/C19H25NO/c1-13-5-7-16(8-6-13)11-17(12-20)18-9-14(2)15(3)10-19(18)21-4/h5-10,17H,11-12,20H2,1-4H3. The van der Waals surface area contributed by atoms with Gasteiger partial charge in [0.15, 0.2) is 0 Å². The molecule has 0 radical (unpaired) electrons. The lowest BCUT2D eigenvalue weighted by atomic mass is 9.89. The summed E-state index contributed by atoms with van der Waals surface area (Å²) in [5, 5.41) is 0. The van der Waals surface area contributed by atoms with Gasteiger partial charge in [0.05, 0.1) is 7.11 Å². The van der Waals surface area contributed by atoms with Crippen LogP contribution in [0.15, 0.2) is 36.4 Å². The van der Waals surface area contributed by atoms with E-state index in [9.17, 15) is 0 Å². The maximum atomic E-state index is 6.04. The Morgan fingerprint density at radius 3 is 2.19 bits per heavy atom. The molecule has 2 aromatic carbocycles. The fourth-order valence-corrected chi connectivity index (χ4v) is 2.64. The Hall–Kier alpha value is -1.80. The van der Waals surface area contributed by atoms with Gasteiger partial charge in [-0.2, -0.15) is 0 Å². The predicted octanol–water partition coefficient (Wildman–Crippen LogP) is 3.91. The molecule has 0 aliphatic carbocycles. The summed E-state index contributed by atoms with van der Waals surface area (Å²) < 4.78 is 5.57. The normalized spacial score (nSPS) is 12.2. The highest BCUT2D eigenvalue weighted by atomic mass is 16.5. The Morgan fingerprint density at radius 1 is 1.00 bits per heavy atom. The summed E-state index contributed by atoms with van der Waals surface area (Å²) in [5.74, 6) is 1.22. The third-order valence-electron chi connectivity index (χ3n) is 4.17.